The van der Waals surface area contributed by atoms with Gasteiger partial charge in [0.25, 0.3) is 0 Å². The van der Waals surface area contributed by atoms with Gasteiger partial charge in [0.15, 0.2) is 0 Å². The molecule has 12 nitrogen and oxygen atoms in total. The molecule has 9 N–H and O–H groups in total. The van der Waals surface area contributed by atoms with Crippen molar-refractivity contribution >= 4 is 41.4 Å². The summed E-state index contributed by atoms with van der Waals surface area (Å²) in [6.45, 7) is -1.32. The lowest BCUT2D eigenvalue weighted by atomic mass is 10.1. The van der Waals surface area contributed by atoms with Crippen LogP contribution in [0.4, 0.5) is 0 Å². The van der Waals surface area contributed by atoms with Crippen molar-refractivity contribution in [1.82, 2.24) is 16.0 Å². The van der Waals surface area contributed by atoms with Crippen LogP contribution in [0.25, 0.3) is 0 Å². The fourth-order valence-electron chi connectivity index (χ4n) is 1.93. The third kappa shape index (κ3) is 10.7. The van der Waals surface area contributed by atoms with Gasteiger partial charge < -0.3 is 37.6 Å². The summed E-state index contributed by atoms with van der Waals surface area (Å²) >= 11 is 1.52. The van der Waals surface area contributed by atoms with Gasteiger partial charge in [0, 0.05) is 6.42 Å². The molecule has 0 rings (SSSR count). The third-order valence-electron chi connectivity index (χ3n) is 3.52. The molecule has 0 saturated carbocycles. The molecule has 160 valence electrons. The van der Waals surface area contributed by atoms with E-state index in [9.17, 15) is 24.0 Å². The van der Waals surface area contributed by atoms with Crippen LogP contribution in [-0.4, -0.2) is 83.1 Å². The van der Waals surface area contributed by atoms with Crippen molar-refractivity contribution in [3.63, 3.8) is 0 Å². The Kier molecular flexibility index (Phi) is 12.6. The van der Waals surface area contributed by atoms with Gasteiger partial charge in [0.2, 0.25) is 23.6 Å². The van der Waals surface area contributed by atoms with Gasteiger partial charge in [-0.1, -0.05) is 0 Å². The minimum atomic E-state index is -1.57. The Labute approximate surface area is 166 Å². The van der Waals surface area contributed by atoms with E-state index in [2.05, 4.69) is 10.6 Å². The van der Waals surface area contributed by atoms with Crippen LogP contribution in [0.15, 0.2) is 0 Å². The molecule has 3 unspecified atom stereocenters. The van der Waals surface area contributed by atoms with E-state index in [0.29, 0.717) is 12.2 Å². The Hall–Kier alpha value is -2.38. The van der Waals surface area contributed by atoms with Crippen molar-refractivity contribution in [3.8, 4) is 0 Å². The second-order valence-electron chi connectivity index (χ2n) is 5.81. The monoisotopic (exact) mass is 421 g/mol. The molecule has 0 spiro atoms. The average molecular weight is 421 g/mol. The molecule has 0 aliphatic heterocycles. The molecule has 28 heavy (non-hydrogen) atoms. The van der Waals surface area contributed by atoms with Crippen molar-refractivity contribution in [2.24, 2.45) is 11.5 Å². The maximum atomic E-state index is 12.2. The SMILES string of the molecule is CSCCC(N)C(=O)NCC(=O)NC(CCC(N)=O)C(=O)NC(CO)C(=O)O. The number of amides is 4. The molecular formula is C15H27N5O7S. The van der Waals surface area contributed by atoms with Crippen LogP contribution in [0.5, 0.6) is 0 Å². The number of carboxylic acid groups (broad SMARTS) is 1. The number of carbonyl (C=O) groups is 5. The number of hydrogen-bond donors (Lipinski definition) is 7. The number of thioether (sulfide) groups is 1. The quantitative estimate of drug-likeness (QED) is 0.148. The highest BCUT2D eigenvalue weighted by Gasteiger charge is 2.26. The predicted molar refractivity (Wildman–Crippen MR) is 101 cm³/mol. The summed E-state index contributed by atoms with van der Waals surface area (Å²) in [7, 11) is 0. The van der Waals surface area contributed by atoms with E-state index in [1.165, 1.54) is 11.8 Å². The van der Waals surface area contributed by atoms with Crippen molar-refractivity contribution in [2.75, 3.05) is 25.2 Å². The van der Waals surface area contributed by atoms with Crippen molar-refractivity contribution < 1.29 is 34.2 Å². The van der Waals surface area contributed by atoms with Gasteiger partial charge in [-0.3, -0.25) is 19.2 Å². The van der Waals surface area contributed by atoms with Crippen LogP contribution in [0.3, 0.4) is 0 Å². The van der Waals surface area contributed by atoms with E-state index < -0.39 is 60.9 Å². The van der Waals surface area contributed by atoms with Crippen LogP contribution in [0.2, 0.25) is 0 Å². The lowest BCUT2D eigenvalue weighted by molar-refractivity contribution is -0.143. The second-order valence-corrected chi connectivity index (χ2v) is 6.80. The Morgan fingerprint density at radius 2 is 1.68 bits per heavy atom. The number of rotatable bonds is 14. The van der Waals surface area contributed by atoms with Crippen molar-refractivity contribution in [2.45, 2.75) is 37.4 Å². The number of aliphatic hydroxyl groups excluding tert-OH is 1. The Bertz CT molecular complexity index is 575. The van der Waals surface area contributed by atoms with E-state index >= 15 is 0 Å². The molecule has 0 aromatic carbocycles. The van der Waals surface area contributed by atoms with Gasteiger partial charge >= 0.3 is 5.97 Å². The molecule has 4 amide bonds. The molecule has 0 heterocycles. The molecule has 0 radical (unpaired) electrons. The molecule has 0 aliphatic carbocycles. The molecule has 3 atom stereocenters. The zero-order chi connectivity index (χ0) is 21.7. The van der Waals surface area contributed by atoms with Crippen LogP contribution >= 0.6 is 11.8 Å². The molecule has 0 bridgehead atoms. The molecule has 0 saturated heterocycles. The summed E-state index contributed by atoms with van der Waals surface area (Å²) < 4.78 is 0. The Balaban J connectivity index is 4.78. The standard InChI is InChI=1S/C15H27N5O7S/c1-28-5-4-8(16)13(24)18-6-12(23)19-9(2-3-11(17)22)14(25)20-10(7-21)15(26)27/h8-10,21H,2-7,16H2,1H3,(H2,17,22)(H,18,24)(H,19,23)(H,20,25)(H,26,27). The molecule has 0 aromatic heterocycles. The van der Waals surface area contributed by atoms with Gasteiger partial charge in [-0.25, -0.2) is 4.79 Å². The normalized spacial score (nSPS) is 13.7. The zero-order valence-electron chi connectivity index (χ0n) is 15.5. The fourth-order valence-corrected chi connectivity index (χ4v) is 2.42. The fraction of sp³-hybridized carbons (Fsp3) is 0.667. The first-order chi connectivity index (χ1) is 13.1. The minimum Gasteiger partial charge on any atom is -0.480 e. The van der Waals surface area contributed by atoms with Crippen molar-refractivity contribution in [1.29, 1.82) is 0 Å². The number of hydrogen-bond acceptors (Lipinski definition) is 8. The van der Waals surface area contributed by atoms with E-state index in [-0.39, 0.29) is 12.8 Å². The van der Waals surface area contributed by atoms with Crippen LogP contribution in [-0.2, 0) is 24.0 Å². The summed E-state index contributed by atoms with van der Waals surface area (Å²) in [5.74, 6) is -3.72. The third-order valence-corrected chi connectivity index (χ3v) is 4.17. The van der Waals surface area contributed by atoms with E-state index in [1.54, 1.807) is 0 Å². The number of nitrogens with one attached hydrogen (secondary N) is 3. The van der Waals surface area contributed by atoms with Gasteiger partial charge in [0.1, 0.15) is 12.1 Å². The first kappa shape index (κ1) is 25.6. The maximum absolute atomic E-state index is 12.2. The van der Waals surface area contributed by atoms with Gasteiger partial charge in [0.05, 0.1) is 19.2 Å². The summed E-state index contributed by atoms with van der Waals surface area (Å²) in [6.07, 6.45) is 1.85. The first-order valence-corrected chi connectivity index (χ1v) is 9.75. The highest BCUT2D eigenvalue weighted by molar-refractivity contribution is 7.98. The number of carboxylic acids is 1. The summed E-state index contributed by atoms with van der Waals surface area (Å²) in [6, 6.07) is -3.64. The smallest absolute Gasteiger partial charge is 0.328 e. The molecule has 0 aliphatic rings. The van der Waals surface area contributed by atoms with Crippen LogP contribution in [0, 0.1) is 0 Å². The molecular weight excluding hydrogens is 394 g/mol. The van der Waals surface area contributed by atoms with Crippen LogP contribution in [0.1, 0.15) is 19.3 Å². The number of nitrogens with two attached hydrogens (primary N) is 2. The molecule has 0 aromatic rings. The Morgan fingerprint density at radius 1 is 1.04 bits per heavy atom. The molecule has 13 heteroatoms. The zero-order valence-corrected chi connectivity index (χ0v) is 16.3. The van der Waals surface area contributed by atoms with Gasteiger partial charge in [-0.2, -0.15) is 11.8 Å². The topological polar surface area (TPSA) is 214 Å². The van der Waals surface area contributed by atoms with E-state index in [4.69, 9.17) is 21.7 Å². The highest BCUT2D eigenvalue weighted by Crippen LogP contribution is 2.00. The number of aliphatic carboxylic acids is 1. The van der Waals surface area contributed by atoms with E-state index in [0.717, 1.165) is 0 Å². The first-order valence-electron chi connectivity index (χ1n) is 8.36. The maximum Gasteiger partial charge on any atom is 0.328 e. The predicted octanol–water partition coefficient (Wildman–Crippen LogP) is -3.50. The number of carbonyl (C=O) groups excluding carboxylic acids is 4. The number of primary amides is 1. The molecule has 0 fully saturated rings. The largest absolute Gasteiger partial charge is 0.480 e. The summed E-state index contributed by atoms with van der Waals surface area (Å²) in [5.41, 5.74) is 10.7. The van der Waals surface area contributed by atoms with Crippen molar-refractivity contribution in [3.05, 3.63) is 0 Å². The lowest BCUT2D eigenvalue weighted by Gasteiger charge is -2.20. The number of aliphatic hydroxyl groups is 1. The van der Waals surface area contributed by atoms with E-state index in [1.807, 2.05) is 11.6 Å². The summed E-state index contributed by atoms with van der Waals surface area (Å²) in [4.78, 5) is 57.8. The Morgan fingerprint density at radius 3 is 2.18 bits per heavy atom. The summed E-state index contributed by atoms with van der Waals surface area (Å²) in [5, 5.41) is 24.5. The highest BCUT2D eigenvalue weighted by atomic mass is 32.2. The lowest BCUT2D eigenvalue weighted by Crippen LogP contribution is -2.54. The second kappa shape index (κ2) is 13.7. The van der Waals surface area contributed by atoms with Crippen LogP contribution < -0.4 is 27.4 Å². The van der Waals surface area contributed by atoms with Gasteiger partial charge in [-0.05, 0) is 24.9 Å². The average Bonchev–Trinajstić information content (AvgIpc) is 2.64. The van der Waals surface area contributed by atoms with Gasteiger partial charge in [-0.15, -0.1) is 0 Å². The minimum absolute atomic E-state index is 0.189.